The van der Waals surface area contributed by atoms with Crippen molar-refractivity contribution >= 4 is 39.3 Å². The van der Waals surface area contributed by atoms with Gasteiger partial charge in [0.1, 0.15) is 22.5 Å². The molecule has 11 heteroatoms. The van der Waals surface area contributed by atoms with Crippen LogP contribution in [0, 0.1) is 30.0 Å². The lowest BCUT2D eigenvalue weighted by atomic mass is 10.1. The summed E-state index contributed by atoms with van der Waals surface area (Å²) >= 11 is 1.31. The Morgan fingerprint density at radius 2 is 2.00 bits per heavy atom. The van der Waals surface area contributed by atoms with Gasteiger partial charge in [0.2, 0.25) is 5.91 Å². The smallest absolute Gasteiger partial charge is 0.228 e. The highest BCUT2D eigenvalue weighted by atomic mass is 32.1. The van der Waals surface area contributed by atoms with E-state index in [1.54, 1.807) is 12.1 Å². The van der Waals surface area contributed by atoms with Crippen LogP contribution in [0.25, 0.3) is 16.8 Å². The molecule has 0 bridgehead atoms. The molecule has 1 aromatic carbocycles. The van der Waals surface area contributed by atoms with E-state index in [-0.39, 0.29) is 17.6 Å². The monoisotopic (exact) mass is 573 g/mol. The minimum atomic E-state index is -0.332. The summed E-state index contributed by atoms with van der Waals surface area (Å²) in [4.78, 5) is 24.5. The first-order valence-corrected chi connectivity index (χ1v) is 14.7. The Hall–Kier alpha value is -4.01. The number of nitrogens with zero attached hydrogens (tertiary/aromatic N) is 7. The van der Waals surface area contributed by atoms with Gasteiger partial charge in [-0.2, -0.15) is 10.4 Å². The van der Waals surface area contributed by atoms with Crippen molar-refractivity contribution in [1.29, 1.82) is 5.26 Å². The topological polar surface area (TPSA) is 90.0 Å². The molecule has 3 aromatic heterocycles. The van der Waals surface area contributed by atoms with Gasteiger partial charge in [0.25, 0.3) is 0 Å². The fraction of sp³-hybridized carbons (Fsp3) is 0.400. The number of amides is 1. The molecule has 2 saturated heterocycles. The number of thiazole rings is 1. The predicted octanol–water partition coefficient (Wildman–Crippen LogP) is 4.79. The van der Waals surface area contributed by atoms with E-state index in [1.807, 2.05) is 21.4 Å². The summed E-state index contributed by atoms with van der Waals surface area (Å²) in [6, 6.07) is 10.5. The van der Waals surface area contributed by atoms with E-state index in [9.17, 15) is 14.4 Å². The van der Waals surface area contributed by atoms with Crippen molar-refractivity contribution in [1.82, 2.24) is 19.5 Å². The second kappa shape index (κ2) is 11.1. The lowest BCUT2D eigenvalue weighted by Crippen LogP contribution is -2.50. The minimum Gasteiger partial charge on any atom is -0.381 e. The molecule has 0 unspecified atom stereocenters. The number of hydrogen-bond acceptors (Lipinski definition) is 8. The number of carbonyl (C=O) groups is 1. The van der Waals surface area contributed by atoms with E-state index in [2.05, 4.69) is 37.1 Å². The molecular formula is C30H32FN7O2S. The lowest BCUT2D eigenvalue weighted by molar-refractivity contribution is -0.135. The van der Waals surface area contributed by atoms with Crippen molar-refractivity contribution in [2.24, 2.45) is 5.92 Å². The third-order valence-electron chi connectivity index (χ3n) is 7.99. The van der Waals surface area contributed by atoms with E-state index in [0.29, 0.717) is 47.6 Å². The molecule has 0 aliphatic carbocycles. The summed E-state index contributed by atoms with van der Waals surface area (Å²) < 4.78 is 20.9. The number of anilines is 3. The molecule has 5 heterocycles. The second-order valence-electron chi connectivity index (χ2n) is 10.5. The summed E-state index contributed by atoms with van der Waals surface area (Å²) in [6.07, 6.45) is 3.59. The minimum absolute atomic E-state index is 0.00651. The molecule has 2 aliphatic heterocycles. The molecule has 0 saturated carbocycles. The van der Waals surface area contributed by atoms with Crippen molar-refractivity contribution in [2.45, 2.75) is 26.7 Å². The van der Waals surface area contributed by atoms with Gasteiger partial charge in [-0.05, 0) is 55.7 Å². The Labute approximate surface area is 242 Å². The average molecular weight is 574 g/mol. The SMILES string of the molecule is CCc1nn2cc(C)c(N3CCN(C(=O)[C@H]4CCOC4)CC3)cc2c1N(C)c1nc(-c2ccc(F)cc2)c(C#N)s1. The van der Waals surface area contributed by atoms with Crippen molar-refractivity contribution in [3.63, 3.8) is 0 Å². The van der Waals surface area contributed by atoms with E-state index in [0.717, 1.165) is 54.1 Å². The summed E-state index contributed by atoms with van der Waals surface area (Å²) in [5, 5.41) is 15.4. The van der Waals surface area contributed by atoms with Gasteiger partial charge in [-0.15, -0.1) is 0 Å². The van der Waals surface area contributed by atoms with Crippen LogP contribution in [0.1, 0.15) is 29.5 Å². The maximum atomic E-state index is 13.5. The Balaban J connectivity index is 1.31. The molecule has 4 aromatic rings. The quantitative estimate of drug-likeness (QED) is 0.328. The van der Waals surface area contributed by atoms with Crippen molar-refractivity contribution < 1.29 is 13.9 Å². The Morgan fingerprint density at radius 1 is 1.24 bits per heavy atom. The summed E-state index contributed by atoms with van der Waals surface area (Å²) in [6.45, 7) is 8.27. The first-order chi connectivity index (χ1) is 19.9. The highest BCUT2D eigenvalue weighted by molar-refractivity contribution is 7.16. The number of pyridine rings is 1. The number of halogens is 1. The van der Waals surface area contributed by atoms with Crippen LogP contribution in [0.2, 0.25) is 0 Å². The number of ether oxygens (including phenoxy) is 1. The molecule has 41 heavy (non-hydrogen) atoms. The number of benzene rings is 1. The molecule has 1 atom stereocenters. The first-order valence-electron chi connectivity index (χ1n) is 13.9. The van der Waals surface area contributed by atoms with Crippen LogP contribution in [0.5, 0.6) is 0 Å². The zero-order valence-corrected chi connectivity index (χ0v) is 24.2. The Morgan fingerprint density at radius 3 is 2.66 bits per heavy atom. The van der Waals surface area contributed by atoms with Crippen molar-refractivity contribution in [3.8, 4) is 17.3 Å². The standard InChI is InChI=1S/C30H32FN7O2S/c1-4-23-28(35(3)30-33-27(26(16-32)41-30)20-5-7-22(31)8-6-20)25-15-24(19(2)17-38(25)34-23)36-10-12-37(13-11-36)29(39)21-9-14-40-18-21/h5-8,15,17,21H,4,9-14,18H2,1-3H3/t21-/m0/s1. The number of carbonyl (C=O) groups excluding carboxylic acids is 1. The molecular weight excluding hydrogens is 541 g/mol. The van der Waals surface area contributed by atoms with E-state index < -0.39 is 0 Å². The van der Waals surface area contributed by atoms with Crippen LogP contribution in [0.3, 0.4) is 0 Å². The van der Waals surface area contributed by atoms with Gasteiger partial charge in [-0.25, -0.2) is 13.9 Å². The number of hydrogen-bond donors (Lipinski definition) is 0. The predicted molar refractivity (Wildman–Crippen MR) is 157 cm³/mol. The van der Waals surface area contributed by atoms with E-state index >= 15 is 0 Å². The molecule has 0 radical (unpaired) electrons. The van der Waals surface area contributed by atoms with Crippen LogP contribution < -0.4 is 9.80 Å². The zero-order chi connectivity index (χ0) is 28.7. The fourth-order valence-corrected chi connectivity index (χ4v) is 6.59. The van der Waals surface area contributed by atoms with E-state index in [4.69, 9.17) is 14.8 Å². The van der Waals surface area contributed by atoms with Gasteiger partial charge in [0, 0.05) is 57.3 Å². The molecule has 2 fully saturated rings. The molecule has 6 rings (SSSR count). The molecule has 0 spiro atoms. The van der Waals surface area contributed by atoms with Crippen LogP contribution in [0.15, 0.2) is 36.5 Å². The van der Waals surface area contributed by atoms with Gasteiger partial charge in [-0.3, -0.25) is 4.79 Å². The fourth-order valence-electron chi connectivity index (χ4n) is 5.74. The Kier molecular flexibility index (Phi) is 7.36. The normalized spacial score (nSPS) is 17.3. The van der Waals surface area contributed by atoms with Gasteiger partial charge in [0.05, 0.1) is 29.4 Å². The molecule has 212 valence electrons. The third-order valence-corrected chi connectivity index (χ3v) is 9.02. The summed E-state index contributed by atoms with van der Waals surface area (Å²) in [5.74, 6) is -0.129. The number of fused-ring (bicyclic) bond motifs is 1. The van der Waals surface area contributed by atoms with Crippen molar-refractivity contribution in [2.75, 3.05) is 56.2 Å². The van der Waals surface area contributed by atoms with Gasteiger partial charge >= 0.3 is 0 Å². The average Bonchev–Trinajstić information content (AvgIpc) is 3.75. The van der Waals surface area contributed by atoms with Gasteiger partial charge in [0.15, 0.2) is 5.13 Å². The van der Waals surface area contributed by atoms with Crippen LogP contribution in [0.4, 0.5) is 20.9 Å². The number of rotatable bonds is 6. The van der Waals surface area contributed by atoms with E-state index in [1.165, 1.54) is 23.5 Å². The number of aryl methyl sites for hydroxylation is 2. The van der Waals surface area contributed by atoms with Crippen molar-refractivity contribution in [3.05, 3.63) is 58.5 Å². The molecule has 2 aliphatic rings. The van der Waals surface area contributed by atoms with Gasteiger partial charge in [-0.1, -0.05) is 18.3 Å². The first kappa shape index (κ1) is 27.2. The maximum Gasteiger partial charge on any atom is 0.228 e. The van der Waals surface area contributed by atoms with Crippen LogP contribution >= 0.6 is 11.3 Å². The highest BCUT2D eigenvalue weighted by Gasteiger charge is 2.31. The summed E-state index contributed by atoms with van der Waals surface area (Å²) in [7, 11) is 1.95. The number of aromatic nitrogens is 3. The number of piperazine rings is 1. The molecule has 9 nitrogen and oxygen atoms in total. The second-order valence-corrected chi connectivity index (χ2v) is 11.5. The number of nitriles is 1. The third kappa shape index (κ3) is 5.02. The maximum absolute atomic E-state index is 13.5. The highest BCUT2D eigenvalue weighted by Crippen LogP contribution is 2.39. The molecule has 1 amide bonds. The van der Waals surface area contributed by atoms with Gasteiger partial charge < -0.3 is 19.4 Å². The largest absolute Gasteiger partial charge is 0.381 e. The van der Waals surface area contributed by atoms with Crippen LogP contribution in [-0.2, 0) is 16.0 Å². The Bertz CT molecular complexity index is 1630. The van der Waals surface area contributed by atoms with Crippen LogP contribution in [-0.4, -0.2) is 71.8 Å². The molecule has 0 N–H and O–H groups in total. The zero-order valence-electron chi connectivity index (χ0n) is 23.4. The summed E-state index contributed by atoms with van der Waals surface area (Å²) in [5.41, 5.74) is 6.29. The lowest BCUT2D eigenvalue weighted by Gasteiger charge is -2.37.